The van der Waals surface area contributed by atoms with Crippen molar-refractivity contribution in [2.75, 3.05) is 20.3 Å². The van der Waals surface area contributed by atoms with Crippen LogP contribution in [-0.2, 0) is 13.1 Å². The van der Waals surface area contributed by atoms with Gasteiger partial charge in [-0.1, -0.05) is 18.2 Å². The van der Waals surface area contributed by atoms with Crippen LogP contribution in [0.3, 0.4) is 0 Å². The van der Waals surface area contributed by atoms with Gasteiger partial charge in [0.2, 0.25) is 0 Å². The van der Waals surface area contributed by atoms with Gasteiger partial charge in [0.25, 0.3) is 0 Å². The molecule has 0 spiro atoms. The van der Waals surface area contributed by atoms with E-state index in [2.05, 4.69) is 4.90 Å². The third-order valence-electron chi connectivity index (χ3n) is 4.08. The number of ether oxygens (including phenoxy) is 2. The Morgan fingerprint density at radius 3 is 2.38 bits per heavy atom. The maximum atomic E-state index is 10.0. The Bertz CT molecular complexity index is 784. The van der Waals surface area contributed by atoms with E-state index < -0.39 is 0 Å². The summed E-state index contributed by atoms with van der Waals surface area (Å²) in [5, 5.41) is 10.0. The monoisotopic (exact) mass is 353 g/mol. The maximum Gasteiger partial charge on any atom is 0.120 e. The SMILES string of the molecule is COc1ccc(OCCN(Cc2ccco2)Cc2ccccc2O)cc1. The Balaban J connectivity index is 1.60. The van der Waals surface area contributed by atoms with Crippen molar-refractivity contribution in [1.29, 1.82) is 0 Å². The molecule has 3 aromatic rings. The number of hydrogen-bond donors (Lipinski definition) is 1. The van der Waals surface area contributed by atoms with Crippen LogP contribution in [0.1, 0.15) is 11.3 Å². The van der Waals surface area contributed by atoms with Crippen LogP contribution in [0, 0.1) is 0 Å². The minimum absolute atomic E-state index is 0.299. The molecule has 0 bridgehead atoms. The van der Waals surface area contributed by atoms with E-state index in [4.69, 9.17) is 13.9 Å². The third kappa shape index (κ3) is 5.04. The van der Waals surface area contributed by atoms with Crippen molar-refractivity contribution in [2.24, 2.45) is 0 Å². The molecule has 1 heterocycles. The van der Waals surface area contributed by atoms with Crippen LogP contribution in [-0.4, -0.2) is 30.3 Å². The number of phenols is 1. The second-order valence-electron chi connectivity index (χ2n) is 5.94. The smallest absolute Gasteiger partial charge is 0.120 e. The van der Waals surface area contributed by atoms with E-state index >= 15 is 0 Å². The Hall–Kier alpha value is -2.92. The van der Waals surface area contributed by atoms with Gasteiger partial charge < -0.3 is 19.0 Å². The summed E-state index contributed by atoms with van der Waals surface area (Å²) in [4.78, 5) is 2.18. The standard InChI is InChI=1S/C21H23NO4/c1-24-18-8-10-19(11-9-18)26-14-12-22(16-20-6-4-13-25-20)15-17-5-2-3-7-21(17)23/h2-11,13,23H,12,14-16H2,1H3. The lowest BCUT2D eigenvalue weighted by molar-refractivity contribution is 0.184. The summed E-state index contributed by atoms with van der Waals surface area (Å²) in [5.41, 5.74) is 0.878. The molecule has 2 aromatic carbocycles. The number of rotatable bonds is 9. The van der Waals surface area contributed by atoms with E-state index in [1.54, 1.807) is 19.4 Å². The van der Waals surface area contributed by atoms with E-state index in [9.17, 15) is 5.11 Å². The Morgan fingerprint density at radius 1 is 0.923 bits per heavy atom. The van der Waals surface area contributed by atoms with Gasteiger partial charge in [0.1, 0.15) is 29.6 Å². The van der Waals surface area contributed by atoms with Gasteiger partial charge in [0, 0.05) is 18.7 Å². The van der Waals surface area contributed by atoms with Crippen molar-refractivity contribution in [3.8, 4) is 17.2 Å². The summed E-state index contributed by atoms with van der Waals surface area (Å²) in [6, 6.07) is 18.7. The number of para-hydroxylation sites is 1. The van der Waals surface area contributed by atoms with Crippen molar-refractivity contribution in [3.05, 3.63) is 78.3 Å². The number of methoxy groups -OCH3 is 1. The van der Waals surface area contributed by atoms with E-state index in [1.807, 2.05) is 54.6 Å². The molecule has 1 N–H and O–H groups in total. The quantitative estimate of drug-likeness (QED) is 0.628. The average Bonchev–Trinajstić information content (AvgIpc) is 3.17. The lowest BCUT2D eigenvalue weighted by Crippen LogP contribution is -2.27. The molecule has 0 fully saturated rings. The predicted octanol–water partition coefficient (Wildman–Crippen LogP) is 4.08. The van der Waals surface area contributed by atoms with Crippen LogP contribution in [0.15, 0.2) is 71.3 Å². The highest BCUT2D eigenvalue weighted by molar-refractivity contribution is 5.32. The van der Waals surface area contributed by atoms with Crippen molar-refractivity contribution in [3.63, 3.8) is 0 Å². The fraction of sp³-hybridized carbons (Fsp3) is 0.238. The Morgan fingerprint density at radius 2 is 1.69 bits per heavy atom. The molecule has 0 saturated heterocycles. The zero-order valence-corrected chi connectivity index (χ0v) is 14.8. The number of aromatic hydroxyl groups is 1. The summed E-state index contributed by atoms with van der Waals surface area (Å²) >= 11 is 0. The molecule has 1 aromatic heterocycles. The highest BCUT2D eigenvalue weighted by atomic mass is 16.5. The van der Waals surface area contributed by atoms with E-state index in [-0.39, 0.29) is 0 Å². The molecule has 0 saturated carbocycles. The Labute approximate surface area is 153 Å². The van der Waals surface area contributed by atoms with Crippen LogP contribution in [0.25, 0.3) is 0 Å². The lowest BCUT2D eigenvalue weighted by Gasteiger charge is -2.22. The molecule has 0 atom stereocenters. The number of furan rings is 1. The average molecular weight is 353 g/mol. The summed E-state index contributed by atoms with van der Waals surface area (Å²) in [6.07, 6.45) is 1.67. The molecule has 0 aliphatic rings. The number of hydrogen-bond acceptors (Lipinski definition) is 5. The molecule has 5 nitrogen and oxygen atoms in total. The van der Waals surface area contributed by atoms with Gasteiger partial charge in [-0.3, -0.25) is 4.90 Å². The molecule has 5 heteroatoms. The highest BCUT2D eigenvalue weighted by Crippen LogP contribution is 2.20. The minimum atomic E-state index is 0.299. The van der Waals surface area contributed by atoms with Crippen molar-refractivity contribution in [2.45, 2.75) is 13.1 Å². The molecule has 0 amide bonds. The fourth-order valence-corrected chi connectivity index (χ4v) is 2.69. The molecule has 136 valence electrons. The fourth-order valence-electron chi connectivity index (χ4n) is 2.69. The molecular formula is C21H23NO4. The third-order valence-corrected chi connectivity index (χ3v) is 4.08. The molecule has 0 unspecified atom stereocenters. The molecular weight excluding hydrogens is 330 g/mol. The van der Waals surface area contributed by atoms with Gasteiger partial charge in [-0.15, -0.1) is 0 Å². The molecule has 0 aliphatic carbocycles. The van der Waals surface area contributed by atoms with Gasteiger partial charge in [0.15, 0.2) is 0 Å². The molecule has 0 radical (unpaired) electrons. The second-order valence-corrected chi connectivity index (χ2v) is 5.94. The van der Waals surface area contributed by atoms with Crippen molar-refractivity contribution >= 4 is 0 Å². The number of phenolic OH excluding ortho intramolecular Hbond substituents is 1. The van der Waals surface area contributed by atoms with E-state index in [0.717, 1.165) is 22.8 Å². The number of nitrogens with zero attached hydrogens (tertiary/aromatic N) is 1. The van der Waals surface area contributed by atoms with Crippen LogP contribution in [0.4, 0.5) is 0 Å². The normalized spacial score (nSPS) is 10.8. The zero-order chi connectivity index (χ0) is 18.2. The number of benzene rings is 2. The van der Waals surface area contributed by atoms with Crippen LogP contribution in [0.5, 0.6) is 17.2 Å². The topological polar surface area (TPSA) is 55.1 Å². The van der Waals surface area contributed by atoms with Gasteiger partial charge in [-0.25, -0.2) is 0 Å². The van der Waals surface area contributed by atoms with Gasteiger partial charge in [-0.2, -0.15) is 0 Å². The summed E-state index contributed by atoms with van der Waals surface area (Å²) in [7, 11) is 1.64. The predicted molar refractivity (Wildman–Crippen MR) is 99.4 cm³/mol. The molecule has 26 heavy (non-hydrogen) atoms. The molecule has 3 rings (SSSR count). The van der Waals surface area contributed by atoms with Crippen LogP contribution in [0.2, 0.25) is 0 Å². The first-order chi connectivity index (χ1) is 12.7. The van der Waals surface area contributed by atoms with Crippen molar-refractivity contribution < 1.29 is 19.0 Å². The van der Waals surface area contributed by atoms with Crippen molar-refractivity contribution in [1.82, 2.24) is 4.90 Å². The maximum absolute atomic E-state index is 10.0. The van der Waals surface area contributed by atoms with Crippen LogP contribution >= 0.6 is 0 Å². The Kier molecular flexibility index (Phi) is 6.17. The summed E-state index contributed by atoms with van der Waals surface area (Å²) in [5.74, 6) is 2.78. The van der Waals surface area contributed by atoms with Gasteiger partial charge >= 0.3 is 0 Å². The first kappa shape index (κ1) is 17.9. The first-order valence-electron chi connectivity index (χ1n) is 8.53. The second kappa shape index (κ2) is 8.97. The molecule has 0 aliphatic heterocycles. The van der Waals surface area contributed by atoms with E-state index in [1.165, 1.54) is 0 Å². The highest BCUT2D eigenvalue weighted by Gasteiger charge is 2.11. The zero-order valence-electron chi connectivity index (χ0n) is 14.8. The summed E-state index contributed by atoms with van der Waals surface area (Å²) < 4.78 is 16.4. The minimum Gasteiger partial charge on any atom is -0.508 e. The first-order valence-corrected chi connectivity index (χ1v) is 8.53. The largest absolute Gasteiger partial charge is 0.508 e. The van der Waals surface area contributed by atoms with Gasteiger partial charge in [0.05, 0.1) is 19.9 Å². The van der Waals surface area contributed by atoms with E-state index in [0.29, 0.717) is 32.0 Å². The van der Waals surface area contributed by atoms with Gasteiger partial charge in [-0.05, 0) is 42.5 Å². The summed E-state index contributed by atoms with van der Waals surface area (Å²) in [6.45, 7) is 2.48. The van der Waals surface area contributed by atoms with Crippen LogP contribution < -0.4 is 9.47 Å². The lowest BCUT2D eigenvalue weighted by atomic mass is 10.2.